The number of hydrogen-bond acceptors (Lipinski definition) is 5. The van der Waals surface area contributed by atoms with Gasteiger partial charge in [0.25, 0.3) is 0 Å². The molecule has 0 aliphatic carbocycles. The molecule has 1 aromatic rings. The first kappa shape index (κ1) is 15.4. The van der Waals surface area contributed by atoms with E-state index < -0.39 is 5.54 Å². The summed E-state index contributed by atoms with van der Waals surface area (Å²) in [4.78, 5) is 23.8. The van der Waals surface area contributed by atoms with Crippen LogP contribution in [-0.2, 0) is 4.84 Å². The lowest BCUT2D eigenvalue weighted by atomic mass is 10.1. The summed E-state index contributed by atoms with van der Waals surface area (Å²) in [6.45, 7) is 7.38. The quantitative estimate of drug-likeness (QED) is 0.849. The van der Waals surface area contributed by atoms with Crippen molar-refractivity contribution in [3.8, 4) is 0 Å². The summed E-state index contributed by atoms with van der Waals surface area (Å²) < 4.78 is 0. The third kappa shape index (κ3) is 3.77. The van der Waals surface area contributed by atoms with Gasteiger partial charge in [-0.1, -0.05) is 0 Å². The molecular weight excluding hydrogens is 268 g/mol. The Kier molecular flexibility index (Phi) is 4.55. The Morgan fingerprint density at radius 1 is 1.33 bits per heavy atom. The van der Waals surface area contributed by atoms with Gasteiger partial charge in [-0.25, -0.2) is 9.78 Å². The molecule has 6 nitrogen and oxygen atoms in total. The molecule has 1 aromatic heterocycles. The van der Waals surface area contributed by atoms with Crippen molar-refractivity contribution in [2.24, 2.45) is 0 Å². The molecule has 2 heterocycles. The molecule has 0 spiro atoms. The number of aromatic nitrogens is 1. The lowest BCUT2D eigenvalue weighted by Crippen LogP contribution is -2.47. The molecule has 0 bridgehead atoms. The number of carbonyl (C=O) groups excluding carboxylic acids is 1. The van der Waals surface area contributed by atoms with E-state index in [0.717, 1.165) is 25.9 Å². The average molecular weight is 292 g/mol. The van der Waals surface area contributed by atoms with Crippen LogP contribution in [0.5, 0.6) is 0 Å². The van der Waals surface area contributed by atoms with E-state index in [-0.39, 0.29) is 6.09 Å². The number of carbonyl (C=O) groups is 1. The maximum absolute atomic E-state index is 12.3. The summed E-state index contributed by atoms with van der Waals surface area (Å²) in [7, 11) is 0. The molecule has 1 aliphatic heterocycles. The highest BCUT2D eigenvalue weighted by Crippen LogP contribution is 2.28. The largest absolute Gasteiger partial charge is 0.434 e. The number of pyridine rings is 1. The second-order valence-corrected chi connectivity index (χ2v) is 6.28. The van der Waals surface area contributed by atoms with Gasteiger partial charge in [0.05, 0.1) is 5.54 Å². The zero-order valence-electron chi connectivity index (χ0n) is 13.0. The maximum atomic E-state index is 12.3. The smallest absolute Gasteiger partial charge is 0.382 e. The zero-order valence-corrected chi connectivity index (χ0v) is 13.0. The van der Waals surface area contributed by atoms with Gasteiger partial charge in [-0.05, 0) is 52.2 Å². The third-order valence-electron chi connectivity index (χ3n) is 3.43. The molecule has 2 N–H and O–H groups in total. The van der Waals surface area contributed by atoms with Crippen molar-refractivity contribution in [1.82, 2.24) is 9.88 Å². The van der Waals surface area contributed by atoms with E-state index >= 15 is 0 Å². The van der Waals surface area contributed by atoms with Crippen molar-refractivity contribution in [2.45, 2.75) is 45.6 Å². The molecule has 0 radical (unpaired) electrons. The van der Waals surface area contributed by atoms with E-state index in [0.29, 0.717) is 11.5 Å². The monoisotopic (exact) mass is 292 g/mol. The minimum absolute atomic E-state index is 0.326. The number of nitrogens with zero attached hydrogens (tertiary/aromatic N) is 3. The molecule has 0 aromatic carbocycles. The number of likely N-dealkylation sites (tertiary alicyclic amines) is 1. The molecule has 116 valence electrons. The fraction of sp³-hybridized carbons (Fsp3) is 0.600. The Morgan fingerprint density at radius 3 is 2.57 bits per heavy atom. The Morgan fingerprint density at radius 2 is 2.00 bits per heavy atom. The Bertz CT molecular complexity index is 493. The zero-order chi connectivity index (χ0) is 15.5. The Labute approximate surface area is 125 Å². The van der Waals surface area contributed by atoms with Crippen LogP contribution in [0.4, 0.5) is 16.3 Å². The van der Waals surface area contributed by atoms with Crippen LogP contribution >= 0.6 is 0 Å². The standard InChI is InChI=1S/C15H24N4O2/c1-15(2,3)19(12-8-7-9-17-13(12)16)21-14(20)18-10-5-4-6-11-18/h7-9H,4-6,10-11H2,1-3H3,(H2,16,17). The summed E-state index contributed by atoms with van der Waals surface area (Å²) >= 11 is 0. The number of hydrogen-bond donors (Lipinski definition) is 1. The normalized spacial score (nSPS) is 15.7. The molecule has 1 aliphatic rings. The SMILES string of the molecule is CC(C)(C)N(OC(=O)N1CCCCC1)c1cccnc1N. The number of anilines is 2. The van der Waals surface area contributed by atoms with Crippen LogP contribution in [0.25, 0.3) is 0 Å². The van der Waals surface area contributed by atoms with Crippen molar-refractivity contribution in [3.63, 3.8) is 0 Å². The number of hydroxylamine groups is 1. The van der Waals surface area contributed by atoms with Gasteiger partial charge >= 0.3 is 6.09 Å². The van der Waals surface area contributed by atoms with Crippen molar-refractivity contribution in [1.29, 1.82) is 0 Å². The van der Waals surface area contributed by atoms with E-state index in [1.807, 2.05) is 20.8 Å². The van der Waals surface area contributed by atoms with E-state index in [1.165, 1.54) is 6.42 Å². The summed E-state index contributed by atoms with van der Waals surface area (Å²) in [6.07, 6.45) is 4.51. The van der Waals surface area contributed by atoms with Gasteiger partial charge in [0, 0.05) is 19.3 Å². The van der Waals surface area contributed by atoms with Gasteiger partial charge in [-0.3, -0.25) is 0 Å². The summed E-state index contributed by atoms with van der Waals surface area (Å²) in [5.74, 6) is 0.346. The van der Waals surface area contributed by atoms with E-state index in [1.54, 1.807) is 28.3 Å². The van der Waals surface area contributed by atoms with Crippen molar-refractivity contribution < 1.29 is 9.63 Å². The molecular formula is C15H24N4O2. The topological polar surface area (TPSA) is 71.7 Å². The van der Waals surface area contributed by atoms with Crippen LogP contribution in [0.15, 0.2) is 18.3 Å². The van der Waals surface area contributed by atoms with Crippen LogP contribution in [0, 0.1) is 0 Å². The molecule has 0 saturated carbocycles. The van der Waals surface area contributed by atoms with Crippen LogP contribution in [-0.4, -0.2) is 34.6 Å². The molecule has 0 atom stereocenters. The van der Waals surface area contributed by atoms with E-state index in [4.69, 9.17) is 10.6 Å². The average Bonchev–Trinajstić information content (AvgIpc) is 2.45. The van der Waals surface area contributed by atoms with Crippen LogP contribution in [0.1, 0.15) is 40.0 Å². The molecule has 21 heavy (non-hydrogen) atoms. The highest BCUT2D eigenvalue weighted by Gasteiger charge is 2.30. The Balaban J connectivity index is 2.18. The van der Waals surface area contributed by atoms with Crippen LogP contribution in [0.2, 0.25) is 0 Å². The van der Waals surface area contributed by atoms with Gasteiger partial charge in [-0.15, -0.1) is 0 Å². The number of nitrogens with two attached hydrogens (primary N) is 1. The van der Waals surface area contributed by atoms with E-state index in [9.17, 15) is 4.79 Å². The predicted octanol–water partition coefficient (Wildman–Crippen LogP) is 2.81. The maximum Gasteiger partial charge on any atom is 0.434 e. The van der Waals surface area contributed by atoms with Crippen molar-refractivity contribution in [3.05, 3.63) is 18.3 Å². The van der Waals surface area contributed by atoms with Gasteiger partial charge < -0.3 is 15.5 Å². The molecule has 2 rings (SSSR count). The van der Waals surface area contributed by atoms with Gasteiger partial charge in [0.1, 0.15) is 11.5 Å². The lowest BCUT2D eigenvalue weighted by Gasteiger charge is -2.37. The molecule has 6 heteroatoms. The van der Waals surface area contributed by atoms with Crippen LogP contribution in [0.3, 0.4) is 0 Å². The third-order valence-corrected chi connectivity index (χ3v) is 3.43. The van der Waals surface area contributed by atoms with Gasteiger partial charge in [0.2, 0.25) is 0 Å². The lowest BCUT2D eigenvalue weighted by molar-refractivity contribution is 0.0645. The first-order valence-electron chi connectivity index (χ1n) is 7.37. The fourth-order valence-electron chi connectivity index (χ4n) is 2.34. The highest BCUT2D eigenvalue weighted by molar-refractivity contribution is 5.71. The van der Waals surface area contributed by atoms with E-state index in [2.05, 4.69) is 4.98 Å². The van der Waals surface area contributed by atoms with Crippen LogP contribution < -0.4 is 10.8 Å². The minimum Gasteiger partial charge on any atom is -0.382 e. The summed E-state index contributed by atoms with van der Waals surface area (Å²) in [5.41, 5.74) is 6.11. The number of rotatable bonds is 2. The van der Waals surface area contributed by atoms with Gasteiger partial charge in [0.15, 0.2) is 0 Å². The number of amides is 1. The number of piperidine rings is 1. The molecule has 1 fully saturated rings. The molecule has 1 amide bonds. The fourth-order valence-corrected chi connectivity index (χ4v) is 2.34. The predicted molar refractivity (Wildman–Crippen MR) is 82.8 cm³/mol. The molecule has 0 unspecified atom stereocenters. The first-order valence-corrected chi connectivity index (χ1v) is 7.37. The highest BCUT2D eigenvalue weighted by atomic mass is 16.7. The van der Waals surface area contributed by atoms with Crippen molar-refractivity contribution >= 4 is 17.6 Å². The van der Waals surface area contributed by atoms with Crippen molar-refractivity contribution in [2.75, 3.05) is 23.9 Å². The Hall–Kier alpha value is -1.98. The van der Waals surface area contributed by atoms with Gasteiger partial charge in [-0.2, -0.15) is 5.06 Å². The first-order chi connectivity index (χ1) is 9.89. The minimum atomic E-state index is -0.414. The second kappa shape index (κ2) is 6.20. The summed E-state index contributed by atoms with van der Waals surface area (Å²) in [5, 5.41) is 1.55. The number of nitrogen functional groups attached to an aromatic ring is 1. The second-order valence-electron chi connectivity index (χ2n) is 6.28. The summed E-state index contributed by atoms with van der Waals surface area (Å²) in [6, 6.07) is 3.58. The molecule has 1 saturated heterocycles.